The van der Waals surface area contributed by atoms with Crippen LogP contribution in [0.15, 0.2) is 85.1 Å². The van der Waals surface area contributed by atoms with Crippen molar-refractivity contribution in [3.63, 3.8) is 0 Å². The van der Waals surface area contributed by atoms with Crippen molar-refractivity contribution >= 4 is 46.0 Å². The number of nitrogens with zero attached hydrogens (tertiary/aromatic N) is 1. The molecule has 200 valence electrons. The summed E-state index contributed by atoms with van der Waals surface area (Å²) in [6, 6.07) is 21.8. The quantitative estimate of drug-likeness (QED) is 0.119. The van der Waals surface area contributed by atoms with Gasteiger partial charge in [-0.05, 0) is 85.1 Å². The van der Waals surface area contributed by atoms with Gasteiger partial charge in [-0.25, -0.2) is 0 Å². The van der Waals surface area contributed by atoms with Crippen LogP contribution >= 0.6 is 11.6 Å². The molecule has 0 bridgehead atoms. The predicted molar refractivity (Wildman–Crippen MR) is 156 cm³/mol. The molecule has 0 aliphatic heterocycles. The first-order valence-electron chi connectivity index (χ1n) is 12.7. The molecule has 4 aromatic rings. The Kier molecular flexibility index (Phi) is 9.92. The lowest BCUT2D eigenvalue weighted by atomic mass is 10.1. The summed E-state index contributed by atoms with van der Waals surface area (Å²) in [5.74, 6) is 0.974. The zero-order valence-electron chi connectivity index (χ0n) is 21.7. The second kappa shape index (κ2) is 14.0. The molecule has 2 N–H and O–H groups in total. The third kappa shape index (κ3) is 8.32. The van der Waals surface area contributed by atoms with Gasteiger partial charge >= 0.3 is 0 Å². The fourth-order valence-electron chi connectivity index (χ4n) is 3.87. The van der Waals surface area contributed by atoms with Gasteiger partial charge in [0.15, 0.2) is 12.4 Å². The molecule has 39 heavy (non-hydrogen) atoms. The highest BCUT2D eigenvalue weighted by molar-refractivity contribution is 6.31. The van der Waals surface area contributed by atoms with Crippen LogP contribution in [0.25, 0.3) is 17.0 Å². The van der Waals surface area contributed by atoms with Gasteiger partial charge in [-0.1, -0.05) is 29.8 Å². The number of halogens is 1. The molecule has 1 aromatic heterocycles. The van der Waals surface area contributed by atoms with Crippen LogP contribution in [0.3, 0.4) is 0 Å². The number of allylic oxidation sites excluding steroid dienone is 1. The van der Waals surface area contributed by atoms with Crippen molar-refractivity contribution in [1.82, 2.24) is 10.3 Å². The first kappa shape index (κ1) is 27.7. The van der Waals surface area contributed by atoms with Crippen molar-refractivity contribution in [2.24, 2.45) is 0 Å². The van der Waals surface area contributed by atoms with E-state index in [4.69, 9.17) is 21.1 Å². The molecular formula is C31H30ClN3O4. The molecule has 0 aliphatic carbocycles. The maximum absolute atomic E-state index is 12.4. The van der Waals surface area contributed by atoms with Crippen LogP contribution in [0.5, 0.6) is 11.5 Å². The van der Waals surface area contributed by atoms with Crippen molar-refractivity contribution in [3.05, 3.63) is 101 Å². The number of anilines is 1. The molecule has 8 heteroatoms. The number of hydrogen-bond donors (Lipinski definition) is 2. The number of methoxy groups -OCH3 is 1. The standard InChI is InChI=1S/C31H30ClN3O4/c1-38-25-10-4-22(5-11-25)6-15-30(36)23-7-12-26(13-8-23)39-21-31(37)35-18-3-2-17-33-28-16-19-34-29-20-24(32)9-14-27(28)29/h4-16,19-20H,2-3,17-18,21H2,1H3,(H,33,34)(H,35,37)/b15-6+. The lowest BCUT2D eigenvalue weighted by Crippen LogP contribution is -2.29. The van der Waals surface area contributed by atoms with E-state index < -0.39 is 0 Å². The van der Waals surface area contributed by atoms with Gasteiger partial charge < -0.3 is 20.1 Å². The number of carbonyl (C=O) groups is 2. The number of amides is 1. The normalized spacial score (nSPS) is 10.9. The number of pyridine rings is 1. The largest absolute Gasteiger partial charge is 0.497 e. The molecule has 1 heterocycles. The summed E-state index contributed by atoms with van der Waals surface area (Å²) in [5.41, 5.74) is 3.30. The average molecular weight is 544 g/mol. The van der Waals surface area contributed by atoms with Gasteiger partial charge in [0.05, 0.1) is 12.6 Å². The highest BCUT2D eigenvalue weighted by atomic mass is 35.5. The van der Waals surface area contributed by atoms with E-state index in [9.17, 15) is 9.59 Å². The summed E-state index contributed by atoms with van der Waals surface area (Å²) in [6.07, 6.45) is 6.75. The van der Waals surface area contributed by atoms with Gasteiger partial charge in [0.1, 0.15) is 11.5 Å². The van der Waals surface area contributed by atoms with Gasteiger partial charge in [0, 0.05) is 40.9 Å². The monoisotopic (exact) mass is 543 g/mol. The van der Waals surface area contributed by atoms with Crippen LogP contribution in [-0.4, -0.2) is 43.5 Å². The summed E-state index contributed by atoms with van der Waals surface area (Å²) < 4.78 is 10.7. The van der Waals surface area contributed by atoms with Gasteiger partial charge in [-0.3, -0.25) is 14.6 Å². The van der Waals surface area contributed by atoms with Crippen LogP contribution < -0.4 is 20.1 Å². The van der Waals surface area contributed by atoms with Crippen LogP contribution in [0.1, 0.15) is 28.8 Å². The maximum atomic E-state index is 12.4. The van der Waals surface area contributed by atoms with Gasteiger partial charge in [-0.2, -0.15) is 0 Å². The molecule has 1 amide bonds. The van der Waals surface area contributed by atoms with Crippen LogP contribution in [-0.2, 0) is 4.79 Å². The Morgan fingerprint density at radius 1 is 0.923 bits per heavy atom. The molecule has 4 rings (SSSR count). The van der Waals surface area contributed by atoms with E-state index in [1.54, 1.807) is 43.6 Å². The van der Waals surface area contributed by atoms with Crippen molar-refractivity contribution in [3.8, 4) is 11.5 Å². The zero-order valence-corrected chi connectivity index (χ0v) is 22.4. The fourth-order valence-corrected chi connectivity index (χ4v) is 4.04. The van der Waals surface area contributed by atoms with Gasteiger partial charge in [-0.15, -0.1) is 0 Å². The molecule has 0 spiro atoms. The number of ether oxygens (including phenoxy) is 2. The Hall–Kier alpha value is -4.36. The Morgan fingerprint density at radius 3 is 2.44 bits per heavy atom. The van der Waals surface area contributed by atoms with Crippen molar-refractivity contribution in [2.75, 3.05) is 32.1 Å². The second-order valence-electron chi connectivity index (χ2n) is 8.79. The van der Waals surface area contributed by atoms with E-state index in [0.29, 0.717) is 22.9 Å². The third-order valence-electron chi connectivity index (χ3n) is 6.00. The molecular weight excluding hydrogens is 514 g/mol. The minimum absolute atomic E-state index is 0.0888. The number of benzene rings is 3. The smallest absolute Gasteiger partial charge is 0.257 e. The maximum Gasteiger partial charge on any atom is 0.257 e. The summed E-state index contributed by atoms with van der Waals surface area (Å²) in [5, 5.41) is 7.97. The summed E-state index contributed by atoms with van der Waals surface area (Å²) >= 11 is 6.05. The summed E-state index contributed by atoms with van der Waals surface area (Å²) in [7, 11) is 1.61. The highest BCUT2D eigenvalue weighted by Crippen LogP contribution is 2.24. The minimum Gasteiger partial charge on any atom is -0.497 e. The van der Waals surface area contributed by atoms with E-state index in [-0.39, 0.29) is 18.3 Å². The van der Waals surface area contributed by atoms with Crippen molar-refractivity contribution < 1.29 is 19.1 Å². The fraction of sp³-hybridized carbons (Fsp3) is 0.194. The number of fused-ring (bicyclic) bond motifs is 1. The predicted octanol–water partition coefficient (Wildman–Crippen LogP) is 6.18. The zero-order chi connectivity index (χ0) is 27.5. The Balaban J connectivity index is 1.12. The van der Waals surface area contributed by atoms with Crippen LogP contribution in [0.4, 0.5) is 5.69 Å². The van der Waals surface area contributed by atoms with Crippen molar-refractivity contribution in [2.45, 2.75) is 12.8 Å². The van der Waals surface area contributed by atoms with Crippen LogP contribution in [0, 0.1) is 0 Å². The molecule has 0 radical (unpaired) electrons. The number of carbonyl (C=O) groups excluding carboxylic acids is 2. The van der Waals surface area contributed by atoms with Gasteiger partial charge in [0.2, 0.25) is 0 Å². The van der Waals surface area contributed by atoms with E-state index in [0.717, 1.165) is 47.3 Å². The second-order valence-corrected chi connectivity index (χ2v) is 9.22. The summed E-state index contributed by atoms with van der Waals surface area (Å²) in [4.78, 5) is 28.9. The number of hydrogen-bond acceptors (Lipinski definition) is 6. The van der Waals surface area contributed by atoms with E-state index >= 15 is 0 Å². The molecule has 0 saturated heterocycles. The molecule has 0 atom stereocenters. The Morgan fingerprint density at radius 2 is 1.67 bits per heavy atom. The molecule has 3 aromatic carbocycles. The first-order chi connectivity index (χ1) is 19.0. The lowest BCUT2D eigenvalue weighted by molar-refractivity contribution is -0.123. The third-order valence-corrected chi connectivity index (χ3v) is 6.23. The molecule has 0 unspecified atom stereocenters. The molecule has 0 saturated carbocycles. The Bertz CT molecular complexity index is 1440. The molecule has 7 nitrogen and oxygen atoms in total. The van der Waals surface area contributed by atoms with E-state index in [1.807, 2.05) is 48.5 Å². The molecule has 0 fully saturated rings. The average Bonchev–Trinajstić information content (AvgIpc) is 2.97. The van der Waals surface area contributed by atoms with E-state index in [2.05, 4.69) is 15.6 Å². The SMILES string of the molecule is COc1ccc(/C=C/C(=O)c2ccc(OCC(=O)NCCCCNc3ccnc4cc(Cl)ccc34)cc2)cc1. The van der Waals surface area contributed by atoms with Gasteiger partial charge in [0.25, 0.3) is 5.91 Å². The lowest BCUT2D eigenvalue weighted by Gasteiger charge is -2.10. The summed E-state index contributed by atoms with van der Waals surface area (Å²) in [6.45, 7) is 1.24. The number of rotatable bonds is 13. The number of ketones is 1. The first-order valence-corrected chi connectivity index (χ1v) is 13.0. The van der Waals surface area contributed by atoms with Crippen LogP contribution in [0.2, 0.25) is 5.02 Å². The van der Waals surface area contributed by atoms with Crippen molar-refractivity contribution in [1.29, 1.82) is 0 Å². The van der Waals surface area contributed by atoms with E-state index in [1.165, 1.54) is 6.08 Å². The number of unbranched alkanes of at least 4 members (excludes halogenated alkanes) is 1. The highest BCUT2D eigenvalue weighted by Gasteiger charge is 2.06. The number of nitrogens with one attached hydrogen (secondary N) is 2. The topological polar surface area (TPSA) is 89.5 Å². The number of aromatic nitrogens is 1. The Labute approximate surface area is 232 Å². The molecule has 0 aliphatic rings. The minimum atomic E-state index is -0.192.